The molecule has 3 atom stereocenters. The second-order valence-corrected chi connectivity index (χ2v) is 13.2. The lowest BCUT2D eigenvalue weighted by Crippen LogP contribution is -2.47. The molecule has 46 heavy (non-hydrogen) atoms. The Bertz CT molecular complexity index is 1420. The zero-order chi connectivity index (χ0) is 34.2. The van der Waals surface area contributed by atoms with Crippen LogP contribution in [0.5, 0.6) is 5.75 Å². The van der Waals surface area contributed by atoms with Gasteiger partial charge in [-0.15, -0.1) is 0 Å². The number of esters is 1. The molecule has 0 aliphatic carbocycles. The van der Waals surface area contributed by atoms with Crippen molar-refractivity contribution in [3.8, 4) is 5.75 Å². The summed E-state index contributed by atoms with van der Waals surface area (Å²) in [4.78, 5) is 52.5. The summed E-state index contributed by atoms with van der Waals surface area (Å²) in [5.74, 6) is -0.677. The highest BCUT2D eigenvalue weighted by Crippen LogP contribution is 2.28. The van der Waals surface area contributed by atoms with E-state index in [1.807, 2.05) is 13.8 Å². The van der Waals surface area contributed by atoms with Gasteiger partial charge in [-0.2, -0.15) is 5.10 Å². The summed E-state index contributed by atoms with van der Waals surface area (Å²) in [5, 5.41) is 20.5. The van der Waals surface area contributed by atoms with Crippen molar-refractivity contribution in [1.29, 1.82) is 0 Å². The van der Waals surface area contributed by atoms with Gasteiger partial charge in [-0.25, -0.2) is 9.59 Å². The van der Waals surface area contributed by atoms with Gasteiger partial charge in [-0.05, 0) is 51.2 Å². The van der Waals surface area contributed by atoms with Gasteiger partial charge in [0.2, 0.25) is 5.91 Å². The Hall–Kier alpha value is -4.10. The highest BCUT2D eigenvalue weighted by molar-refractivity contribution is 6.32. The van der Waals surface area contributed by atoms with Crippen molar-refractivity contribution >= 4 is 41.3 Å². The summed E-state index contributed by atoms with van der Waals surface area (Å²) in [5.41, 5.74) is -0.734. The molecule has 2 aromatic rings. The molecule has 0 saturated heterocycles. The normalized spacial score (nSPS) is 15.3. The Labute approximate surface area is 274 Å². The minimum atomic E-state index is -1.12. The Balaban J connectivity index is 1.55. The number of carbonyl (C=O) groups is 4. The maximum absolute atomic E-state index is 13.4. The van der Waals surface area contributed by atoms with Crippen molar-refractivity contribution < 1.29 is 38.5 Å². The van der Waals surface area contributed by atoms with Crippen LogP contribution in [0.1, 0.15) is 54.9 Å². The molecule has 1 aliphatic rings. The van der Waals surface area contributed by atoms with E-state index in [2.05, 4.69) is 15.7 Å². The van der Waals surface area contributed by atoms with Crippen LogP contribution in [0.15, 0.2) is 48.4 Å². The first-order chi connectivity index (χ1) is 21.5. The first kappa shape index (κ1) is 36.4. The third kappa shape index (κ3) is 11.1. The molecular weight excluding hydrogens is 618 g/mol. The quantitative estimate of drug-likeness (QED) is 0.253. The molecule has 3 amide bonds. The number of para-hydroxylation sites is 1. The number of anilines is 1. The van der Waals surface area contributed by atoms with Crippen molar-refractivity contribution in [3.05, 3.63) is 53.4 Å². The Morgan fingerprint density at radius 3 is 2.43 bits per heavy atom. The lowest BCUT2D eigenvalue weighted by molar-refractivity contribution is -0.150. The van der Waals surface area contributed by atoms with Crippen LogP contribution in [0.4, 0.5) is 10.6 Å². The van der Waals surface area contributed by atoms with Crippen molar-refractivity contribution in [2.45, 2.75) is 85.2 Å². The van der Waals surface area contributed by atoms with E-state index in [9.17, 15) is 24.3 Å². The van der Waals surface area contributed by atoms with Crippen LogP contribution in [0.2, 0.25) is 5.02 Å². The van der Waals surface area contributed by atoms with E-state index in [0.717, 1.165) is 0 Å². The van der Waals surface area contributed by atoms with Crippen molar-refractivity contribution in [3.63, 3.8) is 0 Å². The first-order valence-electron chi connectivity index (χ1n) is 15.1. The van der Waals surface area contributed by atoms with Gasteiger partial charge in [0.05, 0.1) is 18.1 Å². The number of aliphatic hydroxyl groups excluding tert-OH is 1. The number of hydrogen-bond acceptors (Lipinski definition) is 9. The lowest BCUT2D eigenvalue weighted by atomic mass is 10.0. The number of aliphatic hydroxyl groups is 1. The van der Waals surface area contributed by atoms with E-state index in [1.54, 1.807) is 71.1 Å². The molecule has 13 nitrogen and oxygen atoms in total. The second-order valence-electron chi connectivity index (χ2n) is 12.8. The molecular formula is C32H44ClN5O8. The third-order valence-electron chi connectivity index (χ3n) is 6.65. The van der Waals surface area contributed by atoms with Gasteiger partial charge in [0.15, 0.2) is 5.82 Å². The van der Waals surface area contributed by atoms with Crippen LogP contribution in [0.25, 0.3) is 0 Å². The number of ether oxygens (including phenoxy) is 3. The predicted molar refractivity (Wildman–Crippen MR) is 171 cm³/mol. The van der Waals surface area contributed by atoms with E-state index in [0.29, 0.717) is 23.0 Å². The molecule has 0 spiro atoms. The van der Waals surface area contributed by atoms with E-state index in [1.165, 1.54) is 15.7 Å². The number of nitrogens with one attached hydrogen (secondary N) is 2. The smallest absolute Gasteiger partial charge is 0.408 e. The minimum Gasteiger partial charge on any atom is -0.461 e. The molecule has 0 saturated carbocycles. The predicted octanol–water partition coefficient (Wildman–Crippen LogP) is 4.15. The topological polar surface area (TPSA) is 161 Å². The molecule has 252 valence electrons. The van der Waals surface area contributed by atoms with Crippen LogP contribution < -0.4 is 15.4 Å². The molecule has 1 aliphatic heterocycles. The number of carbonyl (C=O) groups excluding carboxylic acids is 4. The molecule has 0 fully saturated rings. The van der Waals surface area contributed by atoms with Crippen LogP contribution in [-0.4, -0.2) is 80.6 Å². The molecule has 3 rings (SSSR count). The number of hydrogen-bond donors (Lipinski definition) is 3. The second kappa shape index (κ2) is 15.9. The number of halogens is 1. The van der Waals surface area contributed by atoms with Gasteiger partial charge in [0.1, 0.15) is 41.9 Å². The summed E-state index contributed by atoms with van der Waals surface area (Å²) in [6.07, 6.45) is 1.43. The summed E-state index contributed by atoms with van der Waals surface area (Å²) in [6, 6.07) is 6.70. The highest BCUT2D eigenvalue weighted by Gasteiger charge is 2.35. The average molecular weight is 662 g/mol. The largest absolute Gasteiger partial charge is 0.461 e. The molecule has 0 bridgehead atoms. The molecule has 3 N–H and O–H groups in total. The van der Waals surface area contributed by atoms with E-state index >= 15 is 0 Å². The van der Waals surface area contributed by atoms with E-state index in [-0.39, 0.29) is 43.3 Å². The van der Waals surface area contributed by atoms with Gasteiger partial charge in [-0.3, -0.25) is 14.3 Å². The Morgan fingerprint density at radius 2 is 1.80 bits per heavy atom. The number of benzene rings is 1. The Kier molecular flexibility index (Phi) is 12.6. The fraction of sp³-hybridized carbons (Fsp3) is 0.531. The first-order valence-corrected chi connectivity index (χ1v) is 15.5. The average Bonchev–Trinajstić information content (AvgIpc) is 3.54. The SMILES string of the molecule is CC(C)C[C@@H](C(=O)Nc1ccn(C[C@@H](O)COC(=O)[C@@H](NC(=O)OC(C)(C)C)C(C)C)n1)N1CC(Oc2ccccc2Cl)=CC1=O. The lowest BCUT2D eigenvalue weighted by Gasteiger charge is -2.28. The number of amides is 3. The van der Waals surface area contributed by atoms with Crippen LogP contribution in [-0.2, 0) is 30.4 Å². The number of alkyl carbamates (subject to hydrolysis) is 1. The molecule has 1 aromatic heterocycles. The van der Waals surface area contributed by atoms with Crippen molar-refractivity contribution in [2.24, 2.45) is 11.8 Å². The summed E-state index contributed by atoms with van der Waals surface area (Å²) < 4.78 is 17.7. The zero-order valence-corrected chi connectivity index (χ0v) is 28.0. The fourth-order valence-corrected chi connectivity index (χ4v) is 4.71. The maximum atomic E-state index is 13.4. The van der Waals surface area contributed by atoms with Gasteiger partial charge in [0, 0.05) is 18.3 Å². The highest BCUT2D eigenvalue weighted by atomic mass is 35.5. The standard InChI is InChI=1S/C32H44ClN5O8/c1-19(2)14-24(38-17-22(15-27(38)40)45-25-11-9-8-10-23(25)33)29(41)34-26-12-13-37(36-26)16-21(39)18-44-30(42)28(20(3)4)35-31(43)46-32(5,6)7/h8-13,15,19-21,24,28,39H,14,16-18H2,1-7H3,(H,35,43)(H,34,36,41)/t21-,24+,28+/m1/s1. The van der Waals surface area contributed by atoms with Crippen molar-refractivity contribution in [2.75, 3.05) is 18.5 Å². The fourth-order valence-electron chi connectivity index (χ4n) is 4.54. The summed E-state index contributed by atoms with van der Waals surface area (Å²) in [6.45, 7) is 12.2. The molecule has 0 unspecified atom stereocenters. The van der Waals surface area contributed by atoms with Gasteiger partial charge >= 0.3 is 12.1 Å². The van der Waals surface area contributed by atoms with E-state index < -0.39 is 41.8 Å². The van der Waals surface area contributed by atoms with Crippen molar-refractivity contribution in [1.82, 2.24) is 20.0 Å². The zero-order valence-electron chi connectivity index (χ0n) is 27.3. The number of rotatable bonds is 14. The molecule has 0 radical (unpaired) electrons. The van der Waals surface area contributed by atoms with Crippen LogP contribution >= 0.6 is 11.6 Å². The monoisotopic (exact) mass is 661 g/mol. The molecule has 2 heterocycles. The minimum absolute atomic E-state index is 0.0400. The summed E-state index contributed by atoms with van der Waals surface area (Å²) >= 11 is 6.19. The summed E-state index contributed by atoms with van der Waals surface area (Å²) in [7, 11) is 0. The van der Waals surface area contributed by atoms with Gasteiger partial charge in [-0.1, -0.05) is 51.4 Å². The molecule has 14 heteroatoms. The van der Waals surface area contributed by atoms with E-state index in [4.69, 9.17) is 25.8 Å². The van der Waals surface area contributed by atoms with Gasteiger partial charge in [0.25, 0.3) is 5.91 Å². The van der Waals surface area contributed by atoms with Gasteiger partial charge < -0.3 is 34.9 Å². The van der Waals surface area contributed by atoms with Crippen LogP contribution in [0.3, 0.4) is 0 Å². The Morgan fingerprint density at radius 1 is 1.11 bits per heavy atom. The van der Waals surface area contributed by atoms with Crippen LogP contribution in [0, 0.1) is 11.8 Å². The molecule has 1 aromatic carbocycles. The third-order valence-corrected chi connectivity index (χ3v) is 6.96. The maximum Gasteiger partial charge on any atom is 0.408 e. The number of nitrogens with zero attached hydrogens (tertiary/aromatic N) is 3. The number of aromatic nitrogens is 2.